The van der Waals surface area contributed by atoms with Gasteiger partial charge >= 0.3 is 0 Å². The molecule has 1 heterocycles. The first-order valence-electron chi connectivity index (χ1n) is 7.96. The summed E-state index contributed by atoms with van der Waals surface area (Å²) < 4.78 is 5.94. The van der Waals surface area contributed by atoms with Crippen molar-refractivity contribution in [2.24, 2.45) is 0 Å². The van der Waals surface area contributed by atoms with E-state index in [9.17, 15) is 0 Å². The van der Waals surface area contributed by atoms with Gasteiger partial charge in [-0.3, -0.25) is 0 Å². The Hall–Kier alpha value is -1.81. The molecule has 0 saturated heterocycles. The molecule has 23 heavy (non-hydrogen) atoms. The fourth-order valence-electron chi connectivity index (χ4n) is 2.60. The summed E-state index contributed by atoms with van der Waals surface area (Å²) in [5, 5.41) is 3.75. The smallest absolute Gasteiger partial charge is 0.148 e. The normalized spacial score (nSPS) is 10.7. The SMILES string of the molecule is CCCc1cc(C)c(OCCNc2ncnc(C)c2Cl)c(C)c1. The number of ether oxygens (including phenoxy) is 1. The predicted octanol–water partition coefficient (Wildman–Crippen LogP) is 4.50. The molecule has 0 aliphatic heterocycles. The van der Waals surface area contributed by atoms with E-state index in [4.69, 9.17) is 16.3 Å². The molecule has 0 unspecified atom stereocenters. The standard InChI is InChI=1S/C18H24ClN3O/c1-5-6-15-9-12(2)17(13(3)10-15)23-8-7-20-18-16(19)14(4)21-11-22-18/h9-11H,5-8H2,1-4H3,(H,20,21,22). The minimum absolute atomic E-state index is 0.550. The molecule has 0 saturated carbocycles. The van der Waals surface area contributed by atoms with Crippen LogP contribution in [0.5, 0.6) is 5.75 Å². The summed E-state index contributed by atoms with van der Waals surface area (Å²) in [6.45, 7) is 9.43. The number of rotatable bonds is 7. The summed E-state index contributed by atoms with van der Waals surface area (Å²) in [6, 6.07) is 4.42. The van der Waals surface area contributed by atoms with Gasteiger partial charge in [0.2, 0.25) is 0 Å². The van der Waals surface area contributed by atoms with Crippen LogP contribution in [0.2, 0.25) is 5.02 Å². The van der Waals surface area contributed by atoms with Crippen LogP contribution in [0.3, 0.4) is 0 Å². The van der Waals surface area contributed by atoms with Crippen LogP contribution in [0, 0.1) is 20.8 Å². The summed E-state index contributed by atoms with van der Waals surface area (Å²) in [5.41, 5.74) is 4.51. The average molecular weight is 334 g/mol. The molecule has 1 N–H and O–H groups in total. The van der Waals surface area contributed by atoms with Gasteiger partial charge in [0.25, 0.3) is 0 Å². The fourth-order valence-corrected chi connectivity index (χ4v) is 2.77. The Labute approximate surface area is 143 Å². The second-order valence-electron chi connectivity index (χ2n) is 5.71. The molecular formula is C18H24ClN3O. The number of nitrogens with one attached hydrogen (secondary N) is 1. The highest BCUT2D eigenvalue weighted by molar-refractivity contribution is 6.33. The van der Waals surface area contributed by atoms with Gasteiger partial charge in [-0.2, -0.15) is 0 Å². The van der Waals surface area contributed by atoms with Gasteiger partial charge in [-0.15, -0.1) is 0 Å². The van der Waals surface area contributed by atoms with Crippen molar-refractivity contribution < 1.29 is 4.74 Å². The molecule has 5 heteroatoms. The minimum atomic E-state index is 0.550. The van der Waals surface area contributed by atoms with Gasteiger partial charge in [0, 0.05) is 0 Å². The topological polar surface area (TPSA) is 47.0 Å². The molecule has 124 valence electrons. The summed E-state index contributed by atoms with van der Waals surface area (Å²) in [7, 11) is 0. The molecule has 2 rings (SSSR count). The van der Waals surface area contributed by atoms with Gasteiger partial charge in [0.1, 0.15) is 29.5 Å². The molecule has 0 radical (unpaired) electrons. The Kier molecular flexibility index (Phi) is 6.22. The molecule has 1 aromatic heterocycles. The molecule has 0 aliphatic carbocycles. The summed E-state index contributed by atoms with van der Waals surface area (Å²) >= 11 is 6.16. The summed E-state index contributed by atoms with van der Waals surface area (Å²) in [5.74, 6) is 1.62. The number of halogens is 1. The zero-order valence-electron chi connectivity index (χ0n) is 14.2. The maximum Gasteiger partial charge on any atom is 0.148 e. The van der Waals surface area contributed by atoms with E-state index in [0.717, 1.165) is 24.3 Å². The Morgan fingerprint density at radius 1 is 1.13 bits per heavy atom. The quantitative estimate of drug-likeness (QED) is 0.758. The van der Waals surface area contributed by atoms with Crippen LogP contribution in [-0.2, 0) is 6.42 Å². The zero-order chi connectivity index (χ0) is 16.8. The fraction of sp³-hybridized carbons (Fsp3) is 0.444. The van der Waals surface area contributed by atoms with Gasteiger partial charge < -0.3 is 10.1 Å². The van der Waals surface area contributed by atoms with E-state index < -0.39 is 0 Å². The van der Waals surface area contributed by atoms with Crippen LogP contribution < -0.4 is 10.1 Å². The lowest BCUT2D eigenvalue weighted by atomic mass is 10.0. The Bertz CT molecular complexity index is 650. The van der Waals surface area contributed by atoms with Gasteiger partial charge in [0.05, 0.1) is 12.2 Å². The van der Waals surface area contributed by atoms with Crippen molar-refractivity contribution in [3.63, 3.8) is 0 Å². The third-order valence-corrected chi connectivity index (χ3v) is 4.12. The first-order valence-corrected chi connectivity index (χ1v) is 8.34. The first kappa shape index (κ1) is 17.5. The van der Waals surface area contributed by atoms with Gasteiger partial charge in [-0.05, 0) is 43.9 Å². The second kappa shape index (κ2) is 8.16. The van der Waals surface area contributed by atoms with Gasteiger partial charge in [-0.1, -0.05) is 37.1 Å². The molecule has 0 aliphatic rings. The predicted molar refractivity (Wildman–Crippen MR) is 95.7 cm³/mol. The second-order valence-corrected chi connectivity index (χ2v) is 6.08. The van der Waals surface area contributed by atoms with Crippen LogP contribution in [0.15, 0.2) is 18.5 Å². The molecule has 4 nitrogen and oxygen atoms in total. The van der Waals surface area contributed by atoms with Gasteiger partial charge in [0.15, 0.2) is 0 Å². The third-order valence-electron chi connectivity index (χ3n) is 3.66. The molecule has 0 amide bonds. The molecule has 2 aromatic rings. The van der Waals surface area contributed by atoms with E-state index in [2.05, 4.69) is 48.2 Å². The molecule has 0 spiro atoms. The van der Waals surface area contributed by atoms with Crippen LogP contribution in [-0.4, -0.2) is 23.1 Å². The number of aromatic nitrogens is 2. The van der Waals surface area contributed by atoms with E-state index >= 15 is 0 Å². The van der Waals surface area contributed by atoms with Crippen LogP contribution in [0.25, 0.3) is 0 Å². The molecule has 1 aromatic carbocycles. The summed E-state index contributed by atoms with van der Waals surface area (Å²) in [6.07, 6.45) is 3.77. The molecule has 0 fully saturated rings. The minimum Gasteiger partial charge on any atom is -0.491 e. The number of hydrogen-bond acceptors (Lipinski definition) is 4. The van der Waals surface area contributed by atoms with Crippen molar-refractivity contribution in [1.29, 1.82) is 0 Å². The maximum atomic E-state index is 6.16. The third kappa shape index (κ3) is 4.58. The average Bonchev–Trinajstić information content (AvgIpc) is 2.50. The highest BCUT2D eigenvalue weighted by atomic mass is 35.5. The maximum absolute atomic E-state index is 6.16. The van der Waals surface area contributed by atoms with Crippen molar-refractivity contribution in [3.05, 3.63) is 45.9 Å². The highest BCUT2D eigenvalue weighted by Gasteiger charge is 2.08. The lowest BCUT2D eigenvalue weighted by Gasteiger charge is -2.15. The van der Waals surface area contributed by atoms with E-state index in [0.29, 0.717) is 24.0 Å². The molecular weight excluding hydrogens is 310 g/mol. The van der Waals surface area contributed by atoms with Crippen molar-refractivity contribution in [1.82, 2.24) is 9.97 Å². The number of benzene rings is 1. The van der Waals surface area contributed by atoms with E-state index in [1.807, 2.05) is 6.92 Å². The number of anilines is 1. The Balaban J connectivity index is 1.93. The molecule has 0 bridgehead atoms. The first-order chi connectivity index (χ1) is 11.0. The van der Waals surface area contributed by atoms with Crippen LogP contribution in [0.4, 0.5) is 5.82 Å². The number of nitrogens with zero attached hydrogens (tertiary/aromatic N) is 2. The number of aryl methyl sites for hydroxylation is 4. The van der Waals surface area contributed by atoms with E-state index in [1.165, 1.54) is 23.0 Å². The van der Waals surface area contributed by atoms with Crippen LogP contribution in [0.1, 0.15) is 35.7 Å². The van der Waals surface area contributed by atoms with E-state index in [-0.39, 0.29) is 0 Å². The number of hydrogen-bond donors (Lipinski definition) is 1. The van der Waals surface area contributed by atoms with E-state index in [1.54, 1.807) is 0 Å². The molecule has 0 atom stereocenters. The van der Waals surface area contributed by atoms with Crippen molar-refractivity contribution in [2.45, 2.75) is 40.5 Å². The van der Waals surface area contributed by atoms with Crippen molar-refractivity contribution >= 4 is 17.4 Å². The lowest BCUT2D eigenvalue weighted by Crippen LogP contribution is -2.14. The van der Waals surface area contributed by atoms with Crippen molar-refractivity contribution in [2.75, 3.05) is 18.5 Å². The Morgan fingerprint density at radius 3 is 2.48 bits per heavy atom. The zero-order valence-corrected chi connectivity index (χ0v) is 15.0. The largest absolute Gasteiger partial charge is 0.491 e. The monoisotopic (exact) mass is 333 g/mol. The summed E-state index contributed by atoms with van der Waals surface area (Å²) in [4.78, 5) is 8.19. The van der Waals surface area contributed by atoms with Gasteiger partial charge in [-0.25, -0.2) is 9.97 Å². The van der Waals surface area contributed by atoms with Crippen LogP contribution >= 0.6 is 11.6 Å². The highest BCUT2D eigenvalue weighted by Crippen LogP contribution is 2.25. The lowest BCUT2D eigenvalue weighted by molar-refractivity contribution is 0.328. The Morgan fingerprint density at radius 2 is 1.83 bits per heavy atom. The van der Waals surface area contributed by atoms with Crippen molar-refractivity contribution in [3.8, 4) is 5.75 Å².